The van der Waals surface area contributed by atoms with E-state index in [2.05, 4.69) is 33.1 Å². The summed E-state index contributed by atoms with van der Waals surface area (Å²) >= 11 is 13.6. The Labute approximate surface area is 539 Å². The van der Waals surface area contributed by atoms with E-state index in [1.165, 1.54) is 57.7 Å². The Morgan fingerprint density at radius 1 is 0.587 bits per heavy atom. The van der Waals surface area contributed by atoms with Crippen molar-refractivity contribution >= 4 is 90.8 Å². The molecule has 4 aromatic carbocycles. The van der Waals surface area contributed by atoms with Crippen molar-refractivity contribution in [3.8, 4) is 45.4 Å². The molecule has 0 spiro atoms. The standard InChI is InChI=1S/2C34H35ClFN7O3/c2*1-8-26(45)41-14-20(6)42(15-19(41)5)32-21-13-22(35)29(28-23(36)10-9-11-25(28)44)38-33(21)43(34(46)39-32)31-18(4)12-24-30(27(31)17(2)3)37-16-40(24)7/h2*8-13,16-17,19-20,44H,1,14-15H2,2-7H3/t2*19-,20+/m11/s1. The van der Waals surface area contributed by atoms with Crippen LogP contribution in [0, 0.1) is 25.5 Å². The van der Waals surface area contributed by atoms with Crippen LogP contribution in [0.25, 0.3) is 78.0 Å². The fraction of sp³-hybridized carbons (Fsp3) is 0.324. The molecule has 0 radical (unpaired) electrons. The zero-order valence-electron chi connectivity index (χ0n) is 53.1. The number of amides is 2. The third-order valence-electron chi connectivity index (χ3n) is 17.5. The minimum atomic E-state index is -0.712. The summed E-state index contributed by atoms with van der Waals surface area (Å²) < 4.78 is 37.2. The van der Waals surface area contributed by atoms with Crippen LogP contribution in [0.15, 0.2) is 108 Å². The molecule has 2 aliphatic heterocycles. The number of hydrogen-bond donors (Lipinski definition) is 2. The number of phenols is 2. The van der Waals surface area contributed by atoms with Crippen molar-refractivity contribution in [1.82, 2.24) is 58.0 Å². The highest BCUT2D eigenvalue weighted by molar-refractivity contribution is 6.34. The van der Waals surface area contributed by atoms with Gasteiger partial charge in [-0.3, -0.25) is 9.59 Å². The highest BCUT2D eigenvalue weighted by Crippen LogP contribution is 2.44. The summed E-state index contributed by atoms with van der Waals surface area (Å²) in [7, 11) is 3.83. The number of aromatic hydroxyl groups is 2. The van der Waals surface area contributed by atoms with Crippen molar-refractivity contribution in [1.29, 1.82) is 0 Å². The number of benzene rings is 4. The van der Waals surface area contributed by atoms with Gasteiger partial charge in [0.1, 0.15) is 34.8 Å². The molecule has 2 amide bonds. The van der Waals surface area contributed by atoms with E-state index >= 15 is 8.78 Å². The third-order valence-corrected chi connectivity index (χ3v) is 18.1. The van der Waals surface area contributed by atoms with Crippen molar-refractivity contribution in [2.75, 3.05) is 36.0 Å². The predicted molar refractivity (Wildman–Crippen MR) is 357 cm³/mol. The third kappa shape index (κ3) is 10.8. The van der Waals surface area contributed by atoms with Crippen LogP contribution in [0.3, 0.4) is 0 Å². The number of rotatable bonds is 10. The van der Waals surface area contributed by atoms with Gasteiger partial charge < -0.3 is 38.9 Å². The fourth-order valence-electron chi connectivity index (χ4n) is 13.1. The van der Waals surface area contributed by atoms with Crippen molar-refractivity contribution in [3.63, 3.8) is 0 Å². The van der Waals surface area contributed by atoms with Crippen LogP contribution in [0.4, 0.5) is 20.4 Å². The maximum Gasteiger partial charge on any atom is 0.355 e. The molecule has 6 aromatic heterocycles. The van der Waals surface area contributed by atoms with Gasteiger partial charge in [-0.2, -0.15) is 9.97 Å². The van der Waals surface area contributed by atoms with E-state index in [0.29, 0.717) is 60.0 Å². The fourth-order valence-corrected chi connectivity index (χ4v) is 13.6. The van der Waals surface area contributed by atoms with Crippen molar-refractivity contribution in [2.45, 2.75) is 105 Å². The SMILES string of the molecule is C=CC(=O)N1C[C@H](C)N(c2nc(=O)n(-c3c(C)cc4c(ncn4C)c3C(C)C)c3nc(-c4c(O)cccc4F)c(Cl)cc23)C[C@H]1C.C=CC(=O)N1C[C@H](C)N(c2nc(=O)n(-c3c(C)cc4c(ncn4C)c3C(C)C)c3nc(-c4c(O)cccc4F)c(Cl)cc23)C[C@H]1C. The molecule has 2 aliphatic rings. The molecule has 0 saturated carbocycles. The molecule has 0 unspecified atom stereocenters. The molecule has 0 aliphatic carbocycles. The van der Waals surface area contributed by atoms with Gasteiger partial charge in [0, 0.05) is 75.6 Å². The van der Waals surface area contributed by atoms with Crippen LogP contribution in [-0.2, 0) is 23.7 Å². The lowest BCUT2D eigenvalue weighted by Crippen LogP contribution is -2.58. The number of aryl methyl sites for hydroxylation is 4. The molecule has 20 nitrogen and oxygen atoms in total. The number of phenolic OH excluding ortho intramolecular Hbond substituents is 2. The Balaban J connectivity index is 0.000000188. The van der Waals surface area contributed by atoms with E-state index in [4.69, 9.17) is 33.2 Å². The number of aromatic nitrogens is 10. The van der Waals surface area contributed by atoms with E-state index in [0.717, 1.165) is 44.3 Å². The van der Waals surface area contributed by atoms with Crippen molar-refractivity contribution in [2.24, 2.45) is 14.1 Å². The van der Waals surface area contributed by atoms with E-state index in [1.54, 1.807) is 34.6 Å². The highest BCUT2D eigenvalue weighted by atomic mass is 35.5. The van der Waals surface area contributed by atoms with Gasteiger partial charge in [0.15, 0.2) is 11.3 Å². The maximum absolute atomic E-state index is 15.2. The Bertz CT molecular complexity index is 4510. The van der Waals surface area contributed by atoms with Gasteiger partial charge in [0.05, 0.1) is 89.4 Å². The number of pyridine rings is 2. The summed E-state index contributed by atoms with van der Waals surface area (Å²) in [5.74, 6) is -1.84. The molecule has 2 saturated heterocycles. The molecule has 2 fully saturated rings. The van der Waals surface area contributed by atoms with E-state index in [-0.39, 0.29) is 103 Å². The first-order valence-corrected chi connectivity index (χ1v) is 30.9. The van der Waals surface area contributed by atoms with E-state index in [9.17, 15) is 29.4 Å². The van der Waals surface area contributed by atoms with Gasteiger partial charge in [0.2, 0.25) is 11.8 Å². The van der Waals surface area contributed by atoms with Crippen LogP contribution in [0.1, 0.15) is 89.5 Å². The zero-order valence-corrected chi connectivity index (χ0v) is 54.6. The smallest absolute Gasteiger partial charge is 0.355 e. The number of carbonyl (C=O) groups is 2. The molecule has 10 aromatic rings. The van der Waals surface area contributed by atoms with E-state index in [1.807, 2.05) is 114 Å². The topological polar surface area (TPSA) is 219 Å². The number of anilines is 2. The first-order valence-electron chi connectivity index (χ1n) is 30.2. The number of carbonyl (C=O) groups excluding carboxylic acids is 2. The highest BCUT2D eigenvalue weighted by Gasteiger charge is 2.37. The minimum Gasteiger partial charge on any atom is -0.507 e. The zero-order chi connectivity index (χ0) is 66.4. The Kier molecular flexibility index (Phi) is 17.1. The summed E-state index contributed by atoms with van der Waals surface area (Å²) in [6.07, 6.45) is 6.06. The summed E-state index contributed by atoms with van der Waals surface area (Å²) in [5.41, 5.74) is 6.56. The van der Waals surface area contributed by atoms with Crippen LogP contribution >= 0.6 is 23.2 Å². The lowest BCUT2D eigenvalue weighted by Gasteiger charge is -2.44. The molecule has 92 heavy (non-hydrogen) atoms. The first-order chi connectivity index (χ1) is 43.7. The second-order valence-electron chi connectivity index (χ2n) is 24.5. The number of hydrogen-bond acceptors (Lipinski definition) is 14. The normalized spacial score (nSPS) is 17.0. The number of piperazine rings is 2. The van der Waals surface area contributed by atoms with Crippen LogP contribution < -0.4 is 21.2 Å². The largest absolute Gasteiger partial charge is 0.507 e. The van der Waals surface area contributed by atoms with Crippen LogP contribution in [0.5, 0.6) is 11.5 Å². The molecule has 12 rings (SSSR count). The van der Waals surface area contributed by atoms with E-state index < -0.39 is 23.0 Å². The van der Waals surface area contributed by atoms with Gasteiger partial charge in [-0.1, -0.05) is 76.2 Å². The average molecular weight is 1290 g/mol. The number of nitrogens with zero attached hydrogens (tertiary/aromatic N) is 14. The first kappa shape index (κ1) is 64.0. The van der Waals surface area contributed by atoms with Gasteiger partial charge in [-0.05, 0) is 125 Å². The average Bonchev–Trinajstić information content (AvgIpc) is 0.987. The van der Waals surface area contributed by atoms with Crippen molar-refractivity contribution in [3.05, 3.63) is 164 Å². The molecular formula is C68H70Cl2F2N14O6. The molecule has 8 heterocycles. The molecule has 2 N–H and O–H groups in total. The summed E-state index contributed by atoms with van der Waals surface area (Å²) in [6.45, 7) is 28.5. The summed E-state index contributed by atoms with van der Waals surface area (Å²) in [6, 6.07) is 14.2. The van der Waals surface area contributed by atoms with Gasteiger partial charge >= 0.3 is 11.4 Å². The van der Waals surface area contributed by atoms with Crippen molar-refractivity contribution < 1.29 is 28.6 Å². The minimum absolute atomic E-state index is 0.0134. The molecule has 4 atom stereocenters. The van der Waals surface area contributed by atoms with Crippen LogP contribution in [-0.4, -0.2) is 130 Å². The molecule has 24 heteroatoms. The Morgan fingerprint density at radius 3 is 1.29 bits per heavy atom. The predicted octanol–water partition coefficient (Wildman–Crippen LogP) is 11.8. The monoisotopic (exact) mass is 1290 g/mol. The Hall–Kier alpha value is -9.54. The van der Waals surface area contributed by atoms with Gasteiger partial charge in [0.25, 0.3) is 0 Å². The lowest BCUT2D eigenvalue weighted by atomic mass is 9.95. The van der Waals surface area contributed by atoms with Crippen LogP contribution in [0.2, 0.25) is 10.0 Å². The quantitative estimate of drug-likeness (QED) is 0.122. The molecule has 476 valence electrons. The number of fused-ring (bicyclic) bond motifs is 4. The number of halogens is 4. The summed E-state index contributed by atoms with van der Waals surface area (Å²) in [5, 5.41) is 22.5. The second-order valence-corrected chi connectivity index (χ2v) is 25.3. The van der Waals surface area contributed by atoms with Gasteiger partial charge in [-0.25, -0.2) is 47.4 Å². The lowest BCUT2D eigenvalue weighted by molar-refractivity contribution is -0.129. The maximum atomic E-state index is 15.2. The summed E-state index contributed by atoms with van der Waals surface area (Å²) in [4.78, 5) is 89.6. The Morgan fingerprint density at radius 2 is 0.957 bits per heavy atom. The second kappa shape index (κ2) is 24.6. The number of imidazole rings is 2. The molecule has 0 bridgehead atoms. The van der Waals surface area contributed by atoms with Gasteiger partial charge in [-0.15, -0.1) is 0 Å². The molecular weight excluding hydrogens is 1220 g/mol.